The molecule has 0 radical (unpaired) electrons. The van der Waals surface area contributed by atoms with E-state index in [0.29, 0.717) is 13.1 Å². The van der Waals surface area contributed by atoms with Gasteiger partial charge in [0.2, 0.25) is 5.91 Å². The van der Waals surface area contributed by atoms with Crippen molar-refractivity contribution in [2.24, 2.45) is 0 Å². The molecule has 5 rings (SSSR count). The maximum absolute atomic E-state index is 11.9. The molecule has 0 bridgehead atoms. The Labute approximate surface area is 219 Å². The number of piperazine rings is 1. The Bertz CT molecular complexity index is 1240. The molecule has 3 heterocycles. The topological polar surface area (TPSA) is 76.4 Å². The van der Waals surface area contributed by atoms with Crippen LogP contribution in [0.1, 0.15) is 24.0 Å². The van der Waals surface area contributed by atoms with Gasteiger partial charge in [0, 0.05) is 56.3 Å². The number of carbonyl (C=O) groups excluding carboxylic acids is 1. The fourth-order valence-corrected chi connectivity index (χ4v) is 4.75. The first kappa shape index (κ1) is 27.0. The summed E-state index contributed by atoms with van der Waals surface area (Å²) in [5.41, 5.74) is 3.63. The first-order chi connectivity index (χ1) is 17.5. The third-order valence-electron chi connectivity index (χ3n) is 6.33. The standard InChI is InChI=1S/C25H27N5O.C2H3N.CH4S/c1-3-24(31)28-13-15-29(16-14-28)25-21-11-12-30(17-22(21)26-18(2)27-25)23-10-6-8-19-7-4-5-9-20(19)23;1-2-3;1-2/h3-10H,1,11-17H2,2H3;1H3;2H,1H3. The van der Waals surface area contributed by atoms with Crippen LogP contribution in [0.5, 0.6) is 0 Å². The molecule has 1 fully saturated rings. The molecule has 2 aliphatic rings. The van der Waals surface area contributed by atoms with Crippen LogP contribution in [-0.2, 0) is 17.8 Å². The number of hydrogen-bond acceptors (Lipinski definition) is 7. The zero-order valence-corrected chi connectivity index (χ0v) is 22.2. The lowest BCUT2D eigenvalue weighted by Crippen LogP contribution is -2.49. The van der Waals surface area contributed by atoms with E-state index >= 15 is 0 Å². The molecule has 7 nitrogen and oxygen atoms in total. The average molecular weight is 503 g/mol. The van der Waals surface area contributed by atoms with Gasteiger partial charge in [0.15, 0.2) is 0 Å². The SMILES string of the molecule is C=CC(=O)N1CCN(c2nc(C)nc3c2CCN(c2cccc4ccccc24)C3)CC1.CC#N.CS. The number of amides is 1. The number of rotatable bonds is 3. The van der Waals surface area contributed by atoms with E-state index in [1.807, 2.05) is 11.8 Å². The fourth-order valence-electron chi connectivity index (χ4n) is 4.75. The molecule has 1 saturated heterocycles. The van der Waals surface area contributed by atoms with Gasteiger partial charge in [0.25, 0.3) is 0 Å². The Balaban J connectivity index is 0.000000674. The molecule has 1 aromatic heterocycles. The number of aromatic nitrogens is 2. The quantitative estimate of drug-likeness (QED) is 0.422. The van der Waals surface area contributed by atoms with Gasteiger partial charge >= 0.3 is 0 Å². The molecule has 3 aromatic rings. The zero-order chi connectivity index (χ0) is 26.1. The number of anilines is 2. The van der Waals surface area contributed by atoms with Gasteiger partial charge in [0.05, 0.1) is 18.3 Å². The maximum atomic E-state index is 11.9. The summed E-state index contributed by atoms with van der Waals surface area (Å²) in [5, 5.41) is 9.86. The molecular formula is C28H34N6OS. The number of benzene rings is 2. The maximum Gasteiger partial charge on any atom is 0.246 e. The average Bonchev–Trinajstić information content (AvgIpc) is 2.93. The van der Waals surface area contributed by atoms with Gasteiger partial charge < -0.3 is 14.7 Å². The monoisotopic (exact) mass is 502 g/mol. The van der Waals surface area contributed by atoms with Crippen molar-refractivity contribution in [3.05, 3.63) is 72.2 Å². The minimum Gasteiger partial charge on any atom is -0.365 e. The summed E-state index contributed by atoms with van der Waals surface area (Å²) < 4.78 is 0. The van der Waals surface area contributed by atoms with Crippen molar-refractivity contribution in [3.63, 3.8) is 0 Å². The lowest BCUT2D eigenvalue weighted by molar-refractivity contribution is -0.126. The predicted molar refractivity (Wildman–Crippen MR) is 151 cm³/mol. The Morgan fingerprint density at radius 3 is 2.39 bits per heavy atom. The van der Waals surface area contributed by atoms with Gasteiger partial charge in [-0.2, -0.15) is 17.9 Å². The molecule has 36 heavy (non-hydrogen) atoms. The number of fused-ring (bicyclic) bond motifs is 2. The van der Waals surface area contributed by atoms with Gasteiger partial charge in [-0.3, -0.25) is 4.79 Å². The van der Waals surface area contributed by atoms with E-state index in [2.05, 4.69) is 71.5 Å². The Hall–Kier alpha value is -3.57. The highest BCUT2D eigenvalue weighted by molar-refractivity contribution is 7.79. The Morgan fingerprint density at radius 2 is 1.69 bits per heavy atom. The highest BCUT2D eigenvalue weighted by Gasteiger charge is 2.27. The van der Waals surface area contributed by atoms with Crippen LogP contribution in [0.15, 0.2) is 55.1 Å². The molecule has 0 spiro atoms. The second-order valence-corrected chi connectivity index (χ2v) is 8.43. The summed E-state index contributed by atoms with van der Waals surface area (Å²) in [7, 11) is 0. The zero-order valence-electron chi connectivity index (χ0n) is 21.3. The predicted octanol–water partition coefficient (Wildman–Crippen LogP) is 4.41. The van der Waals surface area contributed by atoms with Crippen LogP contribution in [0.25, 0.3) is 10.8 Å². The second kappa shape index (κ2) is 12.9. The largest absolute Gasteiger partial charge is 0.365 e. The van der Waals surface area contributed by atoms with Crippen molar-refractivity contribution in [2.45, 2.75) is 26.8 Å². The van der Waals surface area contributed by atoms with Crippen molar-refractivity contribution in [1.82, 2.24) is 14.9 Å². The van der Waals surface area contributed by atoms with Gasteiger partial charge in [-0.25, -0.2) is 9.97 Å². The number of hydrogen-bond donors (Lipinski definition) is 1. The van der Waals surface area contributed by atoms with E-state index in [1.54, 1.807) is 12.3 Å². The van der Waals surface area contributed by atoms with Gasteiger partial charge in [-0.15, -0.1) is 0 Å². The summed E-state index contributed by atoms with van der Waals surface area (Å²) in [6.45, 7) is 11.7. The van der Waals surface area contributed by atoms with Gasteiger partial charge in [-0.05, 0) is 37.1 Å². The van der Waals surface area contributed by atoms with Crippen molar-refractivity contribution < 1.29 is 4.79 Å². The Kier molecular flexibility index (Phi) is 9.71. The minimum absolute atomic E-state index is 0.00581. The van der Waals surface area contributed by atoms with E-state index in [0.717, 1.165) is 49.9 Å². The van der Waals surface area contributed by atoms with E-state index in [9.17, 15) is 4.79 Å². The number of carbonyl (C=O) groups is 1. The third-order valence-corrected chi connectivity index (χ3v) is 6.33. The molecule has 188 valence electrons. The van der Waals surface area contributed by atoms with E-state index in [-0.39, 0.29) is 5.91 Å². The molecule has 0 N–H and O–H groups in total. The van der Waals surface area contributed by atoms with Gasteiger partial charge in [-0.1, -0.05) is 43.0 Å². The third kappa shape index (κ3) is 5.97. The Morgan fingerprint density at radius 1 is 1.03 bits per heavy atom. The van der Waals surface area contributed by atoms with Crippen molar-refractivity contribution in [2.75, 3.05) is 48.8 Å². The van der Waals surface area contributed by atoms with E-state index in [1.165, 1.54) is 35.0 Å². The number of aryl methyl sites for hydroxylation is 1. The molecule has 2 aromatic carbocycles. The summed E-state index contributed by atoms with van der Waals surface area (Å²) in [6.07, 6.45) is 4.01. The normalized spacial score (nSPS) is 14.5. The van der Waals surface area contributed by atoms with Crippen LogP contribution in [0.2, 0.25) is 0 Å². The lowest BCUT2D eigenvalue weighted by atomic mass is 10.0. The molecule has 0 saturated carbocycles. The number of nitrogens with zero attached hydrogens (tertiary/aromatic N) is 6. The summed E-state index contributed by atoms with van der Waals surface area (Å²) in [6, 6.07) is 16.8. The molecule has 0 aliphatic carbocycles. The fraction of sp³-hybridized carbons (Fsp3) is 0.357. The van der Waals surface area contributed by atoms with Crippen molar-refractivity contribution >= 4 is 40.8 Å². The molecule has 8 heteroatoms. The summed E-state index contributed by atoms with van der Waals surface area (Å²) in [5.74, 6) is 1.86. The lowest BCUT2D eigenvalue weighted by Gasteiger charge is -2.38. The highest BCUT2D eigenvalue weighted by atomic mass is 32.1. The van der Waals surface area contributed by atoms with Crippen LogP contribution < -0.4 is 9.80 Å². The van der Waals surface area contributed by atoms with Gasteiger partial charge in [0.1, 0.15) is 11.6 Å². The highest BCUT2D eigenvalue weighted by Crippen LogP contribution is 2.33. The van der Waals surface area contributed by atoms with E-state index < -0.39 is 0 Å². The van der Waals surface area contributed by atoms with E-state index in [4.69, 9.17) is 15.2 Å². The molecule has 0 atom stereocenters. The van der Waals surface area contributed by atoms with Crippen molar-refractivity contribution in [1.29, 1.82) is 5.26 Å². The first-order valence-corrected chi connectivity index (χ1v) is 13.0. The molecular weight excluding hydrogens is 468 g/mol. The summed E-state index contributed by atoms with van der Waals surface area (Å²) >= 11 is 3.53. The molecule has 1 amide bonds. The van der Waals surface area contributed by atoms with Crippen LogP contribution >= 0.6 is 12.6 Å². The molecule has 0 unspecified atom stereocenters. The van der Waals surface area contributed by atoms with Crippen LogP contribution in [0, 0.1) is 18.3 Å². The summed E-state index contributed by atoms with van der Waals surface area (Å²) in [4.78, 5) is 28.2. The second-order valence-electron chi connectivity index (χ2n) is 8.43. The molecule has 2 aliphatic heterocycles. The van der Waals surface area contributed by atoms with Crippen LogP contribution in [0.3, 0.4) is 0 Å². The number of thiol groups is 1. The number of nitriles is 1. The minimum atomic E-state index is 0.00581. The smallest absolute Gasteiger partial charge is 0.246 e. The van der Waals surface area contributed by atoms with Crippen LogP contribution in [0.4, 0.5) is 11.5 Å². The first-order valence-electron chi connectivity index (χ1n) is 12.1. The van der Waals surface area contributed by atoms with Crippen molar-refractivity contribution in [3.8, 4) is 6.07 Å². The van der Waals surface area contributed by atoms with Crippen LogP contribution in [-0.4, -0.2) is 59.8 Å².